The highest BCUT2D eigenvalue weighted by Gasteiger charge is 2.14. The standard InChI is InChI=1S/C12H14IN/c13-11-4-1-9(2-5-11)7-10-3-6-12(14)8-10/h1-2,4-5,7,12H,3,6,8,14H2/b10-7-. The highest BCUT2D eigenvalue weighted by molar-refractivity contribution is 14.1. The number of hydrogen-bond donors (Lipinski definition) is 1. The monoisotopic (exact) mass is 299 g/mol. The smallest absolute Gasteiger partial charge is 0.0130 e. The van der Waals surface area contributed by atoms with Gasteiger partial charge in [-0.2, -0.15) is 0 Å². The molecule has 0 spiro atoms. The summed E-state index contributed by atoms with van der Waals surface area (Å²) in [7, 11) is 0. The first-order valence-electron chi connectivity index (χ1n) is 4.94. The van der Waals surface area contributed by atoms with Gasteiger partial charge in [-0.15, -0.1) is 0 Å². The Labute approximate surface area is 98.5 Å². The average Bonchev–Trinajstić information content (AvgIpc) is 2.56. The van der Waals surface area contributed by atoms with E-state index >= 15 is 0 Å². The van der Waals surface area contributed by atoms with Gasteiger partial charge in [-0.25, -0.2) is 0 Å². The van der Waals surface area contributed by atoms with Crippen LogP contribution in [0.25, 0.3) is 6.08 Å². The van der Waals surface area contributed by atoms with Gasteiger partial charge in [0.05, 0.1) is 0 Å². The van der Waals surface area contributed by atoms with E-state index in [1.54, 1.807) is 0 Å². The van der Waals surface area contributed by atoms with Crippen molar-refractivity contribution in [1.29, 1.82) is 0 Å². The van der Waals surface area contributed by atoms with Crippen molar-refractivity contribution >= 4 is 28.7 Å². The zero-order valence-corrected chi connectivity index (χ0v) is 10.2. The van der Waals surface area contributed by atoms with Gasteiger partial charge >= 0.3 is 0 Å². The molecule has 0 saturated heterocycles. The van der Waals surface area contributed by atoms with Crippen LogP contribution < -0.4 is 5.73 Å². The van der Waals surface area contributed by atoms with E-state index in [-0.39, 0.29) is 0 Å². The fraction of sp³-hybridized carbons (Fsp3) is 0.333. The second kappa shape index (κ2) is 4.45. The van der Waals surface area contributed by atoms with Gasteiger partial charge in [-0.05, 0) is 59.5 Å². The zero-order valence-electron chi connectivity index (χ0n) is 8.04. The molecule has 1 aliphatic rings. The lowest BCUT2D eigenvalue weighted by atomic mass is 10.1. The Morgan fingerprint density at radius 2 is 2.00 bits per heavy atom. The van der Waals surface area contributed by atoms with Crippen molar-refractivity contribution in [1.82, 2.24) is 0 Å². The van der Waals surface area contributed by atoms with Gasteiger partial charge in [-0.3, -0.25) is 0 Å². The van der Waals surface area contributed by atoms with Crippen molar-refractivity contribution in [3.63, 3.8) is 0 Å². The van der Waals surface area contributed by atoms with Crippen LogP contribution >= 0.6 is 22.6 Å². The van der Waals surface area contributed by atoms with Gasteiger partial charge in [0.25, 0.3) is 0 Å². The lowest BCUT2D eigenvalue weighted by Crippen LogP contribution is -2.13. The van der Waals surface area contributed by atoms with Crippen LogP contribution in [0, 0.1) is 3.57 Å². The minimum atomic E-state index is 0.394. The number of benzene rings is 1. The van der Waals surface area contributed by atoms with Crippen molar-refractivity contribution in [3.05, 3.63) is 39.0 Å². The molecule has 1 nitrogen and oxygen atoms in total. The lowest BCUT2D eigenvalue weighted by Gasteiger charge is -1.98. The Balaban J connectivity index is 2.13. The summed E-state index contributed by atoms with van der Waals surface area (Å²) < 4.78 is 1.29. The van der Waals surface area contributed by atoms with E-state index in [1.807, 2.05) is 0 Å². The zero-order chi connectivity index (χ0) is 9.97. The first kappa shape index (κ1) is 10.2. The molecule has 1 aliphatic carbocycles. The highest BCUT2D eigenvalue weighted by atomic mass is 127. The van der Waals surface area contributed by atoms with Gasteiger partial charge in [0.15, 0.2) is 0 Å². The molecule has 1 aromatic rings. The number of nitrogens with two attached hydrogens (primary N) is 1. The quantitative estimate of drug-likeness (QED) is 0.792. The number of hydrogen-bond acceptors (Lipinski definition) is 1. The van der Waals surface area contributed by atoms with Gasteiger partial charge in [0.2, 0.25) is 0 Å². The number of halogens is 1. The van der Waals surface area contributed by atoms with E-state index in [1.165, 1.54) is 21.1 Å². The predicted octanol–water partition coefficient (Wildman–Crippen LogP) is 3.19. The van der Waals surface area contributed by atoms with Crippen LogP contribution in [0.15, 0.2) is 29.8 Å². The molecule has 1 saturated carbocycles. The molecule has 2 rings (SSSR count). The molecular weight excluding hydrogens is 285 g/mol. The van der Waals surface area contributed by atoms with Crippen LogP contribution in [0.3, 0.4) is 0 Å². The van der Waals surface area contributed by atoms with Crippen molar-refractivity contribution < 1.29 is 0 Å². The van der Waals surface area contributed by atoms with Gasteiger partial charge in [0.1, 0.15) is 0 Å². The Kier molecular flexibility index (Phi) is 3.23. The van der Waals surface area contributed by atoms with Crippen LogP contribution in [-0.2, 0) is 0 Å². The summed E-state index contributed by atoms with van der Waals surface area (Å²) in [5, 5.41) is 0. The van der Waals surface area contributed by atoms with E-state index in [9.17, 15) is 0 Å². The van der Waals surface area contributed by atoms with Crippen LogP contribution in [0.2, 0.25) is 0 Å². The SMILES string of the molecule is NC1CC/C(=C/c2ccc(I)cc2)C1. The number of rotatable bonds is 1. The molecule has 14 heavy (non-hydrogen) atoms. The Morgan fingerprint density at radius 3 is 2.57 bits per heavy atom. The van der Waals surface area contributed by atoms with Crippen molar-refractivity contribution in [3.8, 4) is 0 Å². The Hall–Kier alpha value is -0.350. The molecule has 1 unspecified atom stereocenters. The summed E-state index contributed by atoms with van der Waals surface area (Å²) in [5.74, 6) is 0. The molecule has 1 atom stereocenters. The summed E-state index contributed by atoms with van der Waals surface area (Å²) in [4.78, 5) is 0. The molecule has 0 aromatic heterocycles. The van der Waals surface area contributed by atoms with Gasteiger partial charge < -0.3 is 5.73 Å². The normalized spacial score (nSPS) is 24.4. The minimum absolute atomic E-state index is 0.394. The molecule has 0 bridgehead atoms. The van der Waals surface area contributed by atoms with E-state index < -0.39 is 0 Å². The van der Waals surface area contributed by atoms with E-state index in [2.05, 4.69) is 52.9 Å². The summed E-state index contributed by atoms with van der Waals surface area (Å²) in [6, 6.07) is 9.01. The molecule has 74 valence electrons. The van der Waals surface area contributed by atoms with Crippen molar-refractivity contribution in [2.45, 2.75) is 25.3 Å². The van der Waals surface area contributed by atoms with Crippen LogP contribution in [0.1, 0.15) is 24.8 Å². The summed E-state index contributed by atoms with van der Waals surface area (Å²) in [6.45, 7) is 0. The Morgan fingerprint density at radius 1 is 1.29 bits per heavy atom. The van der Waals surface area contributed by atoms with E-state index in [4.69, 9.17) is 5.73 Å². The predicted molar refractivity (Wildman–Crippen MR) is 69.0 cm³/mol. The molecule has 0 heterocycles. The van der Waals surface area contributed by atoms with Crippen molar-refractivity contribution in [2.75, 3.05) is 0 Å². The molecule has 2 heteroatoms. The molecular formula is C12H14IN. The third-order valence-corrected chi connectivity index (χ3v) is 3.32. The molecule has 0 aliphatic heterocycles. The lowest BCUT2D eigenvalue weighted by molar-refractivity contribution is 0.711. The third kappa shape index (κ3) is 2.58. The van der Waals surface area contributed by atoms with Gasteiger partial charge in [0, 0.05) is 9.61 Å². The maximum atomic E-state index is 5.86. The second-order valence-corrected chi connectivity index (χ2v) is 5.10. The molecule has 0 amide bonds. The van der Waals surface area contributed by atoms with Crippen molar-refractivity contribution in [2.24, 2.45) is 5.73 Å². The minimum Gasteiger partial charge on any atom is -0.327 e. The van der Waals surface area contributed by atoms with E-state index in [0.717, 1.165) is 12.8 Å². The first-order chi connectivity index (χ1) is 6.74. The summed E-state index contributed by atoms with van der Waals surface area (Å²) >= 11 is 2.32. The summed E-state index contributed by atoms with van der Waals surface area (Å²) in [6.07, 6.45) is 5.68. The molecule has 1 aromatic carbocycles. The Bertz CT molecular complexity index is 340. The first-order valence-corrected chi connectivity index (χ1v) is 6.02. The third-order valence-electron chi connectivity index (χ3n) is 2.60. The van der Waals surface area contributed by atoms with Crippen LogP contribution in [-0.4, -0.2) is 6.04 Å². The molecule has 1 fully saturated rings. The second-order valence-electron chi connectivity index (χ2n) is 3.86. The maximum Gasteiger partial charge on any atom is 0.0130 e. The topological polar surface area (TPSA) is 26.0 Å². The summed E-state index contributed by atoms with van der Waals surface area (Å²) in [5.41, 5.74) is 8.66. The fourth-order valence-corrected chi connectivity index (χ4v) is 2.20. The van der Waals surface area contributed by atoms with Crippen LogP contribution in [0.4, 0.5) is 0 Å². The largest absolute Gasteiger partial charge is 0.327 e. The molecule has 2 N–H and O–H groups in total. The maximum absolute atomic E-state index is 5.86. The average molecular weight is 299 g/mol. The van der Waals surface area contributed by atoms with E-state index in [0.29, 0.717) is 6.04 Å². The highest BCUT2D eigenvalue weighted by Crippen LogP contribution is 2.25. The molecule has 0 radical (unpaired) electrons. The van der Waals surface area contributed by atoms with Crippen LogP contribution in [0.5, 0.6) is 0 Å². The van der Waals surface area contributed by atoms with Gasteiger partial charge in [-0.1, -0.05) is 23.8 Å². The fourth-order valence-electron chi connectivity index (χ4n) is 1.84.